The molecule has 1 N–H and O–H groups in total. The molecule has 2 aliphatic heterocycles. The molecule has 2 saturated heterocycles. The number of carbonyl (C=O) groups is 3. The van der Waals surface area contributed by atoms with Crippen LogP contribution in [-0.4, -0.2) is 65.2 Å². The summed E-state index contributed by atoms with van der Waals surface area (Å²) in [6.45, 7) is 6.39. The van der Waals surface area contributed by atoms with E-state index in [0.717, 1.165) is 5.56 Å². The highest BCUT2D eigenvalue weighted by Crippen LogP contribution is 2.27. The average molecular weight is 375 g/mol. The number of nitrogens with zero attached hydrogens (tertiary/aromatic N) is 2. The molecule has 2 heterocycles. The molecule has 3 rings (SSSR count). The highest BCUT2D eigenvalue weighted by Gasteiger charge is 2.51. The monoisotopic (exact) mass is 375 g/mol. The van der Waals surface area contributed by atoms with Gasteiger partial charge in [0.05, 0.1) is 25.2 Å². The lowest BCUT2D eigenvalue weighted by molar-refractivity contribution is -0.132. The number of piperazine rings is 1. The van der Waals surface area contributed by atoms with Gasteiger partial charge in [-0.3, -0.25) is 9.69 Å². The van der Waals surface area contributed by atoms with E-state index in [1.165, 1.54) is 9.80 Å². The van der Waals surface area contributed by atoms with E-state index in [4.69, 9.17) is 9.47 Å². The molecule has 2 fully saturated rings. The summed E-state index contributed by atoms with van der Waals surface area (Å²) in [6.07, 6.45) is -0.963. The predicted molar refractivity (Wildman–Crippen MR) is 96.9 cm³/mol. The number of amides is 3. The van der Waals surface area contributed by atoms with E-state index >= 15 is 0 Å². The maximum Gasteiger partial charge on any atom is 0.410 e. The number of benzene rings is 1. The number of likely N-dealkylation sites (tertiary alicyclic amines) is 1. The molecule has 0 aromatic heterocycles. The molecule has 0 saturated carbocycles. The molecule has 2 aliphatic rings. The zero-order valence-electron chi connectivity index (χ0n) is 15.9. The first kappa shape index (κ1) is 19.0. The molecule has 1 spiro atoms. The zero-order chi connectivity index (χ0) is 19.7. The zero-order valence-corrected chi connectivity index (χ0v) is 15.9. The summed E-state index contributed by atoms with van der Waals surface area (Å²) >= 11 is 0. The van der Waals surface area contributed by atoms with E-state index < -0.39 is 23.3 Å². The summed E-state index contributed by atoms with van der Waals surface area (Å²) in [5.74, 6) is -0.262. The van der Waals surface area contributed by atoms with Gasteiger partial charge in [-0.05, 0) is 26.3 Å². The second-order valence-corrected chi connectivity index (χ2v) is 8.06. The third-order valence-corrected chi connectivity index (χ3v) is 4.33. The van der Waals surface area contributed by atoms with Gasteiger partial charge < -0.3 is 19.7 Å². The van der Waals surface area contributed by atoms with Crippen molar-refractivity contribution in [1.29, 1.82) is 0 Å². The van der Waals surface area contributed by atoms with Crippen molar-refractivity contribution in [2.45, 2.75) is 38.5 Å². The molecular weight excluding hydrogens is 350 g/mol. The van der Waals surface area contributed by atoms with Crippen LogP contribution in [0, 0.1) is 0 Å². The number of rotatable bonds is 2. The highest BCUT2D eigenvalue weighted by molar-refractivity contribution is 5.85. The van der Waals surface area contributed by atoms with Gasteiger partial charge in [-0.1, -0.05) is 30.3 Å². The lowest BCUT2D eigenvalue weighted by Crippen LogP contribution is -2.78. The van der Waals surface area contributed by atoms with Crippen molar-refractivity contribution < 1.29 is 23.9 Å². The van der Waals surface area contributed by atoms with Gasteiger partial charge in [0, 0.05) is 0 Å². The Hall–Kier alpha value is -2.77. The van der Waals surface area contributed by atoms with Gasteiger partial charge in [0.2, 0.25) is 5.91 Å². The first-order valence-electron chi connectivity index (χ1n) is 8.90. The standard InChI is InChI=1S/C19H25N3O5/c1-18(2,3)27-17(25)22-12-19(13-22)11-21(9-15(23)20-19)16(24)26-10-14-7-5-4-6-8-14/h4-8H,9-13H2,1-3H3,(H,20,23). The lowest BCUT2D eigenvalue weighted by atomic mass is 9.87. The van der Waals surface area contributed by atoms with Crippen molar-refractivity contribution >= 4 is 18.1 Å². The maximum atomic E-state index is 12.4. The average Bonchev–Trinajstić information content (AvgIpc) is 2.56. The predicted octanol–water partition coefficient (Wildman–Crippen LogP) is 1.74. The van der Waals surface area contributed by atoms with Gasteiger partial charge in [0.15, 0.2) is 0 Å². The summed E-state index contributed by atoms with van der Waals surface area (Å²) in [6, 6.07) is 9.35. The first-order chi connectivity index (χ1) is 12.7. The third kappa shape index (κ3) is 4.69. The second-order valence-electron chi connectivity index (χ2n) is 8.06. The second kappa shape index (κ2) is 7.09. The molecule has 146 valence electrons. The summed E-state index contributed by atoms with van der Waals surface area (Å²) in [5.41, 5.74) is -0.345. The Morgan fingerprint density at radius 2 is 1.70 bits per heavy atom. The Labute approximate surface area is 158 Å². The molecule has 0 radical (unpaired) electrons. The molecule has 0 unspecified atom stereocenters. The molecule has 0 aliphatic carbocycles. The molecule has 27 heavy (non-hydrogen) atoms. The summed E-state index contributed by atoms with van der Waals surface area (Å²) in [5, 5.41) is 2.90. The molecule has 0 atom stereocenters. The largest absolute Gasteiger partial charge is 0.445 e. The first-order valence-corrected chi connectivity index (χ1v) is 8.90. The van der Waals surface area contributed by atoms with Crippen LogP contribution in [-0.2, 0) is 20.9 Å². The van der Waals surface area contributed by atoms with Crippen molar-refractivity contribution in [2.75, 3.05) is 26.2 Å². The van der Waals surface area contributed by atoms with Gasteiger partial charge in [-0.2, -0.15) is 0 Å². The van der Waals surface area contributed by atoms with Crippen LogP contribution in [0.5, 0.6) is 0 Å². The molecular formula is C19H25N3O5. The van der Waals surface area contributed by atoms with E-state index in [1.54, 1.807) is 20.8 Å². The minimum atomic E-state index is -0.641. The Bertz CT molecular complexity index is 723. The quantitative estimate of drug-likeness (QED) is 0.851. The topological polar surface area (TPSA) is 88.2 Å². The normalized spacial score (nSPS) is 18.6. The molecule has 1 aromatic rings. The minimum absolute atomic E-state index is 0.0538. The van der Waals surface area contributed by atoms with E-state index in [0.29, 0.717) is 19.6 Å². The van der Waals surface area contributed by atoms with Gasteiger partial charge in [-0.25, -0.2) is 9.59 Å². The van der Waals surface area contributed by atoms with Crippen LogP contribution in [0.1, 0.15) is 26.3 Å². The number of ether oxygens (including phenoxy) is 2. The van der Waals surface area contributed by atoms with E-state index in [2.05, 4.69) is 5.32 Å². The van der Waals surface area contributed by atoms with Crippen LogP contribution < -0.4 is 5.32 Å². The van der Waals surface area contributed by atoms with Crippen molar-refractivity contribution in [2.24, 2.45) is 0 Å². The summed E-state index contributed by atoms with van der Waals surface area (Å²) in [7, 11) is 0. The molecule has 1 aromatic carbocycles. The van der Waals surface area contributed by atoms with Crippen LogP contribution in [0.3, 0.4) is 0 Å². The van der Waals surface area contributed by atoms with Crippen molar-refractivity contribution in [1.82, 2.24) is 15.1 Å². The fourth-order valence-corrected chi connectivity index (χ4v) is 3.23. The van der Waals surface area contributed by atoms with Crippen LogP contribution in [0.15, 0.2) is 30.3 Å². The van der Waals surface area contributed by atoms with Crippen LogP contribution in [0.25, 0.3) is 0 Å². The Morgan fingerprint density at radius 1 is 1.07 bits per heavy atom. The van der Waals surface area contributed by atoms with E-state index in [9.17, 15) is 14.4 Å². The van der Waals surface area contributed by atoms with Gasteiger partial charge in [0.1, 0.15) is 18.8 Å². The van der Waals surface area contributed by atoms with Crippen LogP contribution >= 0.6 is 0 Å². The lowest BCUT2D eigenvalue weighted by Gasteiger charge is -2.53. The van der Waals surface area contributed by atoms with Crippen LogP contribution in [0.4, 0.5) is 9.59 Å². The molecule has 8 nitrogen and oxygen atoms in total. The molecule has 3 amide bonds. The summed E-state index contributed by atoms with van der Waals surface area (Å²) < 4.78 is 10.7. The fraction of sp³-hybridized carbons (Fsp3) is 0.526. The molecule has 8 heteroatoms. The van der Waals surface area contributed by atoms with Gasteiger partial charge >= 0.3 is 12.2 Å². The number of nitrogens with one attached hydrogen (secondary N) is 1. The number of carbonyl (C=O) groups excluding carboxylic acids is 3. The molecule has 0 bridgehead atoms. The number of hydrogen-bond acceptors (Lipinski definition) is 5. The van der Waals surface area contributed by atoms with E-state index in [1.807, 2.05) is 30.3 Å². The maximum absolute atomic E-state index is 12.4. The Kier molecular flexibility index (Phi) is 4.99. The Morgan fingerprint density at radius 3 is 2.33 bits per heavy atom. The third-order valence-electron chi connectivity index (χ3n) is 4.33. The van der Waals surface area contributed by atoms with Gasteiger partial charge in [-0.15, -0.1) is 0 Å². The smallest absolute Gasteiger partial charge is 0.410 e. The van der Waals surface area contributed by atoms with Crippen molar-refractivity contribution in [3.05, 3.63) is 35.9 Å². The summed E-state index contributed by atoms with van der Waals surface area (Å²) in [4.78, 5) is 39.4. The van der Waals surface area contributed by atoms with Crippen molar-refractivity contribution in [3.8, 4) is 0 Å². The van der Waals surface area contributed by atoms with Gasteiger partial charge in [0.25, 0.3) is 0 Å². The Balaban J connectivity index is 1.55. The SMILES string of the molecule is CC(C)(C)OC(=O)N1CC2(CN(C(=O)OCc3ccccc3)CC(=O)N2)C1. The van der Waals surface area contributed by atoms with E-state index in [-0.39, 0.29) is 19.1 Å². The van der Waals surface area contributed by atoms with Crippen molar-refractivity contribution in [3.63, 3.8) is 0 Å². The number of hydrogen-bond donors (Lipinski definition) is 1. The van der Waals surface area contributed by atoms with Crippen LogP contribution in [0.2, 0.25) is 0 Å². The highest BCUT2D eigenvalue weighted by atomic mass is 16.6. The minimum Gasteiger partial charge on any atom is -0.445 e. The fourth-order valence-electron chi connectivity index (χ4n) is 3.23.